The highest BCUT2D eigenvalue weighted by atomic mass is 14.9. The summed E-state index contributed by atoms with van der Waals surface area (Å²) in [6.07, 6.45) is 6.17. The molecular weight excluding hydrogens is 220 g/mol. The van der Waals surface area contributed by atoms with Crippen LogP contribution in [0.3, 0.4) is 0 Å². The van der Waals surface area contributed by atoms with Crippen molar-refractivity contribution in [3.8, 4) is 0 Å². The van der Waals surface area contributed by atoms with Gasteiger partial charge in [0.15, 0.2) is 0 Å². The summed E-state index contributed by atoms with van der Waals surface area (Å²) in [5, 5.41) is 3.60. The van der Waals surface area contributed by atoms with Gasteiger partial charge in [0, 0.05) is 6.04 Å². The molecule has 2 nitrogen and oxygen atoms in total. The first-order valence-electron chi connectivity index (χ1n) is 7.26. The molecule has 3 N–H and O–H groups in total. The van der Waals surface area contributed by atoms with Crippen molar-refractivity contribution >= 4 is 0 Å². The molecule has 0 spiro atoms. The maximum Gasteiger partial charge on any atom is 0.00390 e. The molecule has 1 aromatic rings. The molecule has 0 saturated heterocycles. The van der Waals surface area contributed by atoms with E-state index in [4.69, 9.17) is 5.73 Å². The maximum absolute atomic E-state index is 5.92. The third-order valence-electron chi connectivity index (χ3n) is 4.16. The van der Waals surface area contributed by atoms with E-state index in [-0.39, 0.29) is 0 Å². The molecule has 1 aliphatic rings. The van der Waals surface area contributed by atoms with Crippen LogP contribution in [0.2, 0.25) is 0 Å². The minimum Gasteiger partial charge on any atom is -0.328 e. The van der Waals surface area contributed by atoms with Gasteiger partial charge in [-0.05, 0) is 69.2 Å². The summed E-state index contributed by atoms with van der Waals surface area (Å²) >= 11 is 0. The lowest BCUT2D eigenvalue weighted by molar-refractivity contribution is 0.315. The first kappa shape index (κ1) is 13.6. The van der Waals surface area contributed by atoms with E-state index in [1.165, 1.54) is 43.4 Å². The van der Waals surface area contributed by atoms with Gasteiger partial charge < -0.3 is 11.1 Å². The quantitative estimate of drug-likeness (QED) is 0.784. The van der Waals surface area contributed by atoms with Crippen LogP contribution in [-0.4, -0.2) is 19.1 Å². The molecule has 1 saturated carbocycles. The van der Waals surface area contributed by atoms with Crippen LogP contribution < -0.4 is 11.1 Å². The number of benzene rings is 1. The molecule has 1 aliphatic carbocycles. The molecule has 2 heteroatoms. The molecule has 2 rings (SSSR count). The van der Waals surface area contributed by atoms with Gasteiger partial charge in [0.1, 0.15) is 0 Å². The van der Waals surface area contributed by atoms with Crippen molar-refractivity contribution in [2.45, 2.75) is 45.1 Å². The molecular formula is C16H26N2. The molecule has 0 amide bonds. The Morgan fingerprint density at radius 1 is 1.17 bits per heavy atom. The first-order chi connectivity index (χ1) is 8.75. The summed E-state index contributed by atoms with van der Waals surface area (Å²) in [5.74, 6) is 0.849. The molecule has 0 unspecified atom stereocenters. The van der Waals surface area contributed by atoms with Crippen molar-refractivity contribution in [2.75, 3.05) is 13.1 Å². The van der Waals surface area contributed by atoms with E-state index in [0.29, 0.717) is 6.04 Å². The van der Waals surface area contributed by atoms with Gasteiger partial charge in [-0.2, -0.15) is 0 Å². The highest BCUT2D eigenvalue weighted by Crippen LogP contribution is 2.22. The third kappa shape index (κ3) is 4.11. The number of hydrogen-bond acceptors (Lipinski definition) is 2. The van der Waals surface area contributed by atoms with Gasteiger partial charge in [-0.15, -0.1) is 0 Å². The molecule has 0 radical (unpaired) electrons. The standard InChI is InChI=1S/C16H26N2/c1-13-4-2-3-5-15(13)10-11-18-12-14-6-8-16(17)9-7-14/h2-5,14,16,18H,6-12,17H2,1H3. The molecule has 0 atom stereocenters. The number of nitrogens with two attached hydrogens (primary N) is 1. The number of aryl methyl sites for hydroxylation is 1. The predicted molar refractivity (Wildman–Crippen MR) is 77.7 cm³/mol. The van der Waals surface area contributed by atoms with Crippen LogP contribution >= 0.6 is 0 Å². The van der Waals surface area contributed by atoms with Crippen LogP contribution in [0.5, 0.6) is 0 Å². The van der Waals surface area contributed by atoms with E-state index >= 15 is 0 Å². The number of hydrogen-bond donors (Lipinski definition) is 2. The van der Waals surface area contributed by atoms with E-state index in [9.17, 15) is 0 Å². The Balaban J connectivity index is 1.63. The summed E-state index contributed by atoms with van der Waals surface area (Å²) in [4.78, 5) is 0. The Morgan fingerprint density at radius 2 is 1.89 bits per heavy atom. The van der Waals surface area contributed by atoms with E-state index in [1.54, 1.807) is 0 Å². The Bertz CT molecular complexity index is 354. The van der Waals surface area contributed by atoms with Gasteiger partial charge in [0.25, 0.3) is 0 Å². The van der Waals surface area contributed by atoms with Crippen LogP contribution in [-0.2, 0) is 6.42 Å². The van der Waals surface area contributed by atoms with Crippen LogP contribution in [0.15, 0.2) is 24.3 Å². The molecule has 1 aromatic carbocycles. The second-order valence-corrected chi connectivity index (χ2v) is 5.66. The minimum absolute atomic E-state index is 0.466. The summed E-state index contributed by atoms with van der Waals surface area (Å²) in [6.45, 7) is 4.45. The van der Waals surface area contributed by atoms with Gasteiger partial charge in [-0.1, -0.05) is 24.3 Å². The molecule has 1 fully saturated rings. The normalized spacial score (nSPS) is 24.1. The van der Waals surface area contributed by atoms with Crippen molar-refractivity contribution in [2.24, 2.45) is 11.7 Å². The second-order valence-electron chi connectivity index (χ2n) is 5.66. The molecule has 100 valence electrons. The van der Waals surface area contributed by atoms with Gasteiger partial charge in [0.2, 0.25) is 0 Å². The highest BCUT2D eigenvalue weighted by molar-refractivity contribution is 5.25. The van der Waals surface area contributed by atoms with Gasteiger partial charge >= 0.3 is 0 Å². The molecule has 18 heavy (non-hydrogen) atoms. The highest BCUT2D eigenvalue weighted by Gasteiger charge is 2.17. The largest absolute Gasteiger partial charge is 0.328 e. The summed E-state index contributed by atoms with van der Waals surface area (Å²) in [6, 6.07) is 9.13. The summed E-state index contributed by atoms with van der Waals surface area (Å²) < 4.78 is 0. The SMILES string of the molecule is Cc1ccccc1CCNCC1CCC(N)CC1. The Labute approximate surface area is 111 Å². The Kier molecular flexibility index (Phi) is 5.21. The third-order valence-corrected chi connectivity index (χ3v) is 4.16. The van der Waals surface area contributed by atoms with E-state index in [0.717, 1.165) is 18.9 Å². The van der Waals surface area contributed by atoms with E-state index < -0.39 is 0 Å². The average molecular weight is 246 g/mol. The van der Waals surface area contributed by atoms with Crippen molar-refractivity contribution in [3.63, 3.8) is 0 Å². The lowest BCUT2D eigenvalue weighted by atomic mass is 9.86. The fourth-order valence-electron chi connectivity index (χ4n) is 2.81. The number of rotatable bonds is 5. The minimum atomic E-state index is 0.466. The lowest BCUT2D eigenvalue weighted by Gasteiger charge is -2.26. The zero-order chi connectivity index (χ0) is 12.8. The molecule has 0 heterocycles. The van der Waals surface area contributed by atoms with Gasteiger partial charge in [-0.3, -0.25) is 0 Å². The van der Waals surface area contributed by atoms with E-state index in [2.05, 4.69) is 36.5 Å². The van der Waals surface area contributed by atoms with Crippen LogP contribution in [0.25, 0.3) is 0 Å². The van der Waals surface area contributed by atoms with Crippen molar-refractivity contribution in [1.29, 1.82) is 0 Å². The molecule has 0 aromatic heterocycles. The number of nitrogens with one attached hydrogen (secondary N) is 1. The lowest BCUT2D eigenvalue weighted by Crippen LogP contribution is -2.32. The topological polar surface area (TPSA) is 38.0 Å². The Hall–Kier alpha value is -0.860. The fraction of sp³-hybridized carbons (Fsp3) is 0.625. The summed E-state index contributed by atoms with van der Waals surface area (Å²) in [5.41, 5.74) is 8.80. The summed E-state index contributed by atoms with van der Waals surface area (Å²) in [7, 11) is 0. The van der Waals surface area contributed by atoms with Crippen molar-refractivity contribution < 1.29 is 0 Å². The van der Waals surface area contributed by atoms with Gasteiger partial charge in [0.05, 0.1) is 0 Å². The predicted octanol–water partition coefficient (Wildman–Crippen LogP) is 2.64. The molecule has 0 bridgehead atoms. The van der Waals surface area contributed by atoms with E-state index in [1.807, 2.05) is 0 Å². The van der Waals surface area contributed by atoms with Crippen molar-refractivity contribution in [1.82, 2.24) is 5.32 Å². The van der Waals surface area contributed by atoms with Crippen molar-refractivity contribution in [3.05, 3.63) is 35.4 Å². The smallest absolute Gasteiger partial charge is 0.00390 e. The average Bonchev–Trinajstić information content (AvgIpc) is 2.39. The van der Waals surface area contributed by atoms with Crippen LogP contribution in [0.1, 0.15) is 36.8 Å². The zero-order valence-corrected chi connectivity index (χ0v) is 11.5. The molecule has 0 aliphatic heterocycles. The first-order valence-corrected chi connectivity index (χ1v) is 7.26. The van der Waals surface area contributed by atoms with Crippen LogP contribution in [0.4, 0.5) is 0 Å². The fourth-order valence-corrected chi connectivity index (χ4v) is 2.81. The second kappa shape index (κ2) is 6.91. The van der Waals surface area contributed by atoms with Gasteiger partial charge in [-0.25, -0.2) is 0 Å². The maximum atomic E-state index is 5.92. The monoisotopic (exact) mass is 246 g/mol. The van der Waals surface area contributed by atoms with Crippen LogP contribution in [0, 0.1) is 12.8 Å². The Morgan fingerprint density at radius 3 is 2.61 bits per heavy atom. The zero-order valence-electron chi connectivity index (χ0n) is 11.5.